The van der Waals surface area contributed by atoms with Gasteiger partial charge in [-0.3, -0.25) is 14.6 Å². The van der Waals surface area contributed by atoms with Gasteiger partial charge in [-0.05, 0) is 49.6 Å². The molecule has 0 saturated carbocycles. The second-order valence-electron chi connectivity index (χ2n) is 12.4. The highest BCUT2D eigenvalue weighted by molar-refractivity contribution is 6.39. The lowest BCUT2D eigenvalue weighted by molar-refractivity contribution is -0.120. The van der Waals surface area contributed by atoms with Crippen molar-refractivity contribution in [3.63, 3.8) is 0 Å². The molecule has 2 atom stereocenters. The lowest BCUT2D eigenvalue weighted by Gasteiger charge is -2.18. The highest BCUT2D eigenvalue weighted by atomic mass is 35.5. The van der Waals surface area contributed by atoms with Gasteiger partial charge in [0.1, 0.15) is 5.75 Å². The molecule has 2 aromatic carbocycles. The quantitative estimate of drug-likeness (QED) is 0.137. The van der Waals surface area contributed by atoms with Crippen LogP contribution in [0.2, 0.25) is 10.0 Å². The van der Waals surface area contributed by atoms with Crippen molar-refractivity contribution in [1.82, 2.24) is 31.2 Å². The van der Waals surface area contributed by atoms with Crippen molar-refractivity contribution in [2.75, 3.05) is 27.3 Å². The molecule has 49 heavy (non-hydrogen) atoms. The molecule has 6 rings (SSSR count). The summed E-state index contributed by atoms with van der Waals surface area (Å²) in [6.45, 7) is 4.55. The van der Waals surface area contributed by atoms with Crippen LogP contribution in [0.15, 0.2) is 54.7 Å². The molecule has 0 aliphatic carbocycles. The molecule has 2 aliphatic heterocycles. The molecule has 2 aromatic heterocycles. The van der Waals surface area contributed by atoms with Gasteiger partial charge < -0.3 is 30.7 Å². The average molecular weight is 704 g/mol. The second-order valence-corrected chi connectivity index (χ2v) is 13.2. The third kappa shape index (κ3) is 7.83. The number of carbonyl (C=O) groups is 2. The summed E-state index contributed by atoms with van der Waals surface area (Å²) < 4.78 is 11.5. The first-order valence-corrected chi connectivity index (χ1v) is 17.2. The van der Waals surface area contributed by atoms with Crippen molar-refractivity contribution in [3.05, 3.63) is 81.5 Å². The number of aryl methyl sites for hydroxylation is 1. The average Bonchev–Trinajstić information content (AvgIpc) is 3.72. The Bertz CT molecular complexity index is 1870. The van der Waals surface area contributed by atoms with E-state index in [9.17, 15) is 9.59 Å². The van der Waals surface area contributed by atoms with Crippen LogP contribution in [0.5, 0.6) is 11.6 Å². The zero-order valence-electron chi connectivity index (χ0n) is 27.8. The van der Waals surface area contributed by atoms with Crippen LogP contribution in [0.1, 0.15) is 42.4 Å². The predicted molar refractivity (Wildman–Crippen MR) is 192 cm³/mol. The minimum absolute atomic E-state index is 0.0980. The van der Waals surface area contributed by atoms with Crippen molar-refractivity contribution in [3.8, 4) is 45.3 Å². The van der Waals surface area contributed by atoms with Crippen LogP contribution in [0, 0.1) is 6.92 Å². The van der Waals surface area contributed by atoms with Crippen molar-refractivity contribution < 1.29 is 19.1 Å². The highest BCUT2D eigenvalue weighted by Gasteiger charge is 2.23. The molecule has 2 amide bonds. The smallest absolute Gasteiger partial charge is 0.220 e. The van der Waals surface area contributed by atoms with E-state index in [1.165, 1.54) is 0 Å². The summed E-state index contributed by atoms with van der Waals surface area (Å²) in [5, 5.41) is 13.8. The van der Waals surface area contributed by atoms with E-state index >= 15 is 0 Å². The van der Waals surface area contributed by atoms with Crippen LogP contribution >= 0.6 is 23.2 Å². The molecule has 10 nitrogen and oxygen atoms in total. The van der Waals surface area contributed by atoms with Crippen LogP contribution in [0.4, 0.5) is 0 Å². The van der Waals surface area contributed by atoms with E-state index in [1.807, 2.05) is 49.4 Å². The maximum absolute atomic E-state index is 11.6. The summed E-state index contributed by atoms with van der Waals surface area (Å²) in [5.74, 6) is 1.43. The number of methoxy groups -OCH3 is 2. The first kappa shape index (κ1) is 34.6. The summed E-state index contributed by atoms with van der Waals surface area (Å²) in [6, 6.07) is 15.8. The van der Waals surface area contributed by atoms with E-state index in [0.29, 0.717) is 66.3 Å². The normalized spacial score (nSPS) is 17.2. The zero-order valence-corrected chi connectivity index (χ0v) is 29.3. The number of aromatic nitrogens is 2. The van der Waals surface area contributed by atoms with Gasteiger partial charge in [-0.25, -0.2) is 4.98 Å². The summed E-state index contributed by atoms with van der Waals surface area (Å²) in [6.07, 6.45) is 4.55. The molecule has 0 unspecified atom stereocenters. The Kier molecular flexibility index (Phi) is 11.0. The first-order valence-electron chi connectivity index (χ1n) is 16.4. The van der Waals surface area contributed by atoms with Gasteiger partial charge in [0.25, 0.3) is 0 Å². The third-order valence-corrected chi connectivity index (χ3v) is 9.87. The van der Waals surface area contributed by atoms with Crippen LogP contribution in [-0.2, 0) is 22.7 Å². The Balaban J connectivity index is 1.22. The third-order valence-electron chi connectivity index (χ3n) is 9.08. The number of amides is 2. The molecule has 12 heteroatoms. The van der Waals surface area contributed by atoms with Gasteiger partial charge >= 0.3 is 0 Å². The number of ether oxygens (including phenoxy) is 2. The topological polar surface area (TPSA) is 126 Å². The van der Waals surface area contributed by atoms with Gasteiger partial charge in [0, 0.05) is 90.7 Å². The molecule has 2 fully saturated rings. The molecule has 4 N–H and O–H groups in total. The summed E-state index contributed by atoms with van der Waals surface area (Å²) in [5.41, 5.74) is 7.31. The van der Waals surface area contributed by atoms with E-state index < -0.39 is 0 Å². The molecular formula is C37H40Cl2N6O4. The largest absolute Gasteiger partial charge is 0.496 e. The van der Waals surface area contributed by atoms with Crippen LogP contribution < -0.4 is 30.7 Å². The fraction of sp³-hybridized carbons (Fsp3) is 0.351. The minimum atomic E-state index is 0.0980. The molecular weight excluding hydrogens is 663 g/mol. The van der Waals surface area contributed by atoms with Gasteiger partial charge in [0.15, 0.2) is 0 Å². The van der Waals surface area contributed by atoms with E-state index in [1.54, 1.807) is 20.4 Å². The second kappa shape index (κ2) is 15.6. The number of hydrogen-bond acceptors (Lipinski definition) is 8. The minimum Gasteiger partial charge on any atom is -0.496 e. The molecule has 2 saturated heterocycles. The number of carbonyl (C=O) groups excluding carboxylic acids is 2. The van der Waals surface area contributed by atoms with Crippen molar-refractivity contribution in [2.24, 2.45) is 0 Å². The van der Waals surface area contributed by atoms with Crippen molar-refractivity contribution >= 4 is 35.0 Å². The van der Waals surface area contributed by atoms with Gasteiger partial charge in [0.05, 0.1) is 35.7 Å². The standard InChI is InChI=1S/C37H40Cl2N6O4/c1-21-15-23(16-31(48-2)29(21)20-41-19-25-9-12-33(47)44-25)36-35(39)27(13-14-42-36)26-5-4-6-28(34(26)38)30-10-7-22(37(45-30)49-3)17-40-18-24-8-11-32(46)43-24/h4-7,10,13-16,24-25,40-41H,8-9,11-12,17-20H2,1-3H3,(H,43,46)(H,44,47)/t24-,25+/m1/s1. The Morgan fingerprint density at radius 3 is 2.16 bits per heavy atom. The van der Waals surface area contributed by atoms with Crippen LogP contribution in [0.3, 0.4) is 0 Å². The van der Waals surface area contributed by atoms with Crippen molar-refractivity contribution in [1.29, 1.82) is 0 Å². The fourth-order valence-corrected chi connectivity index (χ4v) is 7.11. The van der Waals surface area contributed by atoms with E-state index in [2.05, 4.69) is 32.3 Å². The van der Waals surface area contributed by atoms with Crippen LogP contribution in [-0.4, -0.2) is 61.2 Å². The SMILES string of the molecule is COc1cc(-c2nccc(-c3cccc(-c4ccc(CNC[C@H]5CCC(=O)N5)c(OC)n4)c3Cl)c2Cl)cc(C)c1CNC[C@@H]1CCC(=O)N1. The number of nitrogens with zero attached hydrogens (tertiary/aromatic N) is 2. The van der Waals surface area contributed by atoms with Gasteiger partial charge in [-0.2, -0.15) is 0 Å². The molecule has 4 aromatic rings. The Labute approximate surface area is 296 Å². The lowest BCUT2D eigenvalue weighted by Crippen LogP contribution is -2.35. The summed E-state index contributed by atoms with van der Waals surface area (Å²) >= 11 is 14.2. The maximum atomic E-state index is 11.6. The van der Waals surface area contributed by atoms with Crippen LogP contribution in [0.25, 0.3) is 33.6 Å². The highest BCUT2D eigenvalue weighted by Crippen LogP contribution is 2.42. The molecule has 4 heterocycles. The number of rotatable bonds is 13. The predicted octanol–water partition coefficient (Wildman–Crippen LogP) is 5.85. The lowest BCUT2D eigenvalue weighted by atomic mass is 9.97. The fourth-order valence-electron chi connectivity index (χ4n) is 6.46. The van der Waals surface area contributed by atoms with Gasteiger partial charge in [-0.15, -0.1) is 0 Å². The number of pyridine rings is 2. The van der Waals surface area contributed by atoms with Gasteiger partial charge in [0.2, 0.25) is 17.7 Å². The molecule has 0 bridgehead atoms. The zero-order chi connectivity index (χ0) is 34.5. The first-order chi connectivity index (χ1) is 23.7. The Morgan fingerprint density at radius 1 is 0.837 bits per heavy atom. The number of hydrogen-bond donors (Lipinski definition) is 4. The maximum Gasteiger partial charge on any atom is 0.220 e. The number of benzene rings is 2. The van der Waals surface area contributed by atoms with Gasteiger partial charge in [-0.1, -0.05) is 47.5 Å². The van der Waals surface area contributed by atoms with Crippen molar-refractivity contribution in [2.45, 2.75) is 57.8 Å². The molecule has 2 aliphatic rings. The van der Waals surface area contributed by atoms with E-state index in [-0.39, 0.29) is 23.9 Å². The molecule has 0 radical (unpaired) electrons. The Morgan fingerprint density at radius 2 is 1.51 bits per heavy atom. The van der Waals surface area contributed by atoms with E-state index in [4.69, 9.17) is 37.7 Å². The molecule has 256 valence electrons. The summed E-state index contributed by atoms with van der Waals surface area (Å²) in [7, 11) is 3.25. The molecule has 0 spiro atoms. The summed E-state index contributed by atoms with van der Waals surface area (Å²) in [4.78, 5) is 32.5. The van der Waals surface area contributed by atoms with E-state index in [0.717, 1.165) is 57.5 Å². The monoisotopic (exact) mass is 702 g/mol. The number of nitrogens with one attached hydrogen (secondary N) is 4. The number of halogens is 2. The Hall–Kier alpha value is -4.22.